The lowest BCUT2D eigenvalue weighted by Crippen LogP contribution is -2.13. The monoisotopic (exact) mass is 393 g/mol. The average Bonchev–Trinajstić information content (AvgIpc) is 2.73. The predicted octanol–water partition coefficient (Wildman–Crippen LogP) is 3.27. The van der Waals surface area contributed by atoms with Gasteiger partial charge in [0.15, 0.2) is 12.4 Å². The number of rotatable bonds is 9. The summed E-state index contributed by atoms with van der Waals surface area (Å²) in [5.74, 6) is 0.914. The molecule has 0 bridgehead atoms. The fourth-order valence-electron chi connectivity index (χ4n) is 2.62. The second-order valence-corrected chi connectivity index (χ2v) is 6.14. The van der Waals surface area contributed by atoms with Crippen molar-refractivity contribution in [1.29, 1.82) is 0 Å². The average molecular weight is 393 g/mol. The number of carbonyl (C=O) groups is 1. The maximum atomic E-state index is 11.9. The lowest BCUT2D eigenvalue weighted by molar-refractivity contribution is -0.145. The van der Waals surface area contributed by atoms with Crippen LogP contribution in [0.5, 0.6) is 5.75 Å². The number of nitrogens with zero attached hydrogens (tertiary/aromatic N) is 3. The van der Waals surface area contributed by atoms with E-state index in [0.717, 1.165) is 17.7 Å². The van der Waals surface area contributed by atoms with Gasteiger partial charge in [-0.1, -0.05) is 43.3 Å². The number of aromatic nitrogens is 3. The largest absolute Gasteiger partial charge is 0.493 e. The van der Waals surface area contributed by atoms with E-state index in [2.05, 4.69) is 27.2 Å². The van der Waals surface area contributed by atoms with Gasteiger partial charge >= 0.3 is 5.97 Å². The quantitative estimate of drug-likeness (QED) is 0.533. The van der Waals surface area contributed by atoms with Crippen molar-refractivity contribution in [3.8, 4) is 5.75 Å². The third kappa shape index (κ3) is 6.17. The molecule has 3 aromatic rings. The van der Waals surface area contributed by atoms with E-state index in [9.17, 15) is 4.79 Å². The van der Waals surface area contributed by atoms with Gasteiger partial charge in [-0.15, -0.1) is 0 Å². The van der Waals surface area contributed by atoms with Crippen LogP contribution in [0.25, 0.3) is 0 Å². The second kappa shape index (κ2) is 10.0. The van der Waals surface area contributed by atoms with E-state index in [0.29, 0.717) is 11.7 Å². The summed E-state index contributed by atoms with van der Waals surface area (Å²) in [5, 5.41) is 3.14. The molecular formula is C21H23N5O3. The summed E-state index contributed by atoms with van der Waals surface area (Å²) in [7, 11) is 0. The molecule has 0 aliphatic carbocycles. The maximum Gasteiger partial charge on any atom is 0.309 e. The van der Waals surface area contributed by atoms with Crippen LogP contribution in [0.15, 0.2) is 54.6 Å². The number of aryl methyl sites for hydroxylation is 1. The van der Waals surface area contributed by atoms with Crippen LogP contribution in [0.2, 0.25) is 0 Å². The van der Waals surface area contributed by atoms with Gasteiger partial charge in [0, 0.05) is 5.69 Å². The highest BCUT2D eigenvalue weighted by Gasteiger charge is 2.10. The fourth-order valence-corrected chi connectivity index (χ4v) is 2.62. The van der Waals surface area contributed by atoms with Crippen LogP contribution in [0.1, 0.15) is 24.7 Å². The van der Waals surface area contributed by atoms with E-state index in [1.54, 1.807) is 0 Å². The second-order valence-electron chi connectivity index (χ2n) is 6.14. The van der Waals surface area contributed by atoms with E-state index in [4.69, 9.17) is 15.2 Å². The highest BCUT2D eigenvalue weighted by Crippen LogP contribution is 2.19. The zero-order valence-corrected chi connectivity index (χ0v) is 16.2. The number of nitrogen functional groups attached to an aromatic ring is 1. The molecular weight excluding hydrogens is 370 g/mol. The third-order valence-corrected chi connectivity index (χ3v) is 4.02. The summed E-state index contributed by atoms with van der Waals surface area (Å²) in [6, 6.07) is 17.1. The SMILES string of the molecule is CCc1ccccc1Nc1nc(N)nc(COC(=O)CCOc2ccccc2)n1. The van der Waals surface area contributed by atoms with Crippen LogP contribution in [0.4, 0.5) is 17.6 Å². The molecule has 0 saturated carbocycles. The van der Waals surface area contributed by atoms with Crippen molar-refractivity contribution in [2.45, 2.75) is 26.4 Å². The Morgan fingerprint density at radius 3 is 2.59 bits per heavy atom. The minimum absolute atomic E-state index is 0.0509. The van der Waals surface area contributed by atoms with Crippen LogP contribution in [0, 0.1) is 0 Å². The van der Waals surface area contributed by atoms with Gasteiger partial charge in [-0.2, -0.15) is 15.0 Å². The van der Waals surface area contributed by atoms with Crippen molar-refractivity contribution in [2.24, 2.45) is 0 Å². The number of ether oxygens (including phenoxy) is 2. The Bertz CT molecular complexity index is 950. The molecule has 0 spiro atoms. The molecule has 3 rings (SSSR count). The number of esters is 1. The van der Waals surface area contributed by atoms with Crippen LogP contribution >= 0.6 is 0 Å². The van der Waals surface area contributed by atoms with E-state index >= 15 is 0 Å². The van der Waals surface area contributed by atoms with Crippen molar-refractivity contribution in [1.82, 2.24) is 15.0 Å². The maximum absolute atomic E-state index is 11.9. The van der Waals surface area contributed by atoms with E-state index in [1.165, 1.54) is 0 Å². The third-order valence-electron chi connectivity index (χ3n) is 4.02. The summed E-state index contributed by atoms with van der Waals surface area (Å²) in [6.45, 7) is 2.19. The number of hydrogen-bond acceptors (Lipinski definition) is 8. The number of hydrogen-bond donors (Lipinski definition) is 2. The summed E-state index contributed by atoms with van der Waals surface area (Å²) >= 11 is 0. The first kappa shape index (κ1) is 20.1. The summed E-state index contributed by atoms with van der Waals surface area (Å²) < 4.78 is 10.7. The van der Waals surface area contributed by atoms with Crippen molar-refractivity contribution < 1.29 is 14.3 Å². The molecule has 150 valence electrons. The molecule has 1 heterocycles. The zero-order valence-electron chi connectivity index (χ0n) is 16.2. The van der Waals surface area contributed by atoms with E-state index < -0.39 is 5.97 Å². The van der Waals surface area contributed by atoms with Crippen LogP contribution in [-0.2, 0) is 22.6 Å². The van der Waals surface area contributed by atoms with Crippen molar-refractivity contribution in [3.63, 3.8) is 0 Å². The molecule has 8 nitrogen and oxygen atoms in total. The summed E-state index contributed by atoms with van der Waals surface area (Å²) in [6.07, 6.45) is 0.976. The molecule has 0 atom stereocenters. The van der Waals surface area contributed by atoms with Crippen LogP contribution in [0.3, 0.4) is 0 Å². The Morgan fingerprint density at radius 1 is 1.03 bits per heavy atom. The number of anilines is 3. The topological polar surface area (TPSA) is 112 Å². The molecule has 0 radical (unpaired) electrons. The van der Waals surface area contributed by atoms with Gasteiger partial charge < -0.3 is 20.5 Å². The molecule has 0 saturated heterocycles. The van der Waals surface area contributed by atoms with Gasteiger partial charge in [0.1, 0.15) is 5.75 Å². The number of nitrogens with one attached hydrogen (secondary N) is 1. The van der Waals surface area contributed by atoms with Crippen molar-refractivity contribution in [3.05, 3.63) is 66.0 Å². The van der Waals surface area contributed by atoms with Crippen molar-refractivity contribution in [2.75, 3.05) is 17.7 Å². The Morgan fingerprint density at radius 2 is 1.79 bits per heavy atom. The zero-order chi connectivity index (χ0) is 20.5. The molecule has 29 heavy (non-hydrogen) atoms. The molecule has 0 aliphatic rings. The standard InChI is InChI=1S/C21H23N5O3/c1-2-15-8-6-7-11-17(15)23-21-25-18(24-20(22)26-21)14-29-19(27)12-13-28-16-9-4-3-5-10-16/h3-11H,2,12-14H2,1H3,(H3,22,23,24,25,26). The number of benzene rings is 2. The van der Waals surface area contributed by atoms with E-state index in [-0.39, 0.29) is 31.4 Å². The first-order valence-corrected chi connectivity index (χ1v) is 9.33. The van der Waals surface area contributed by atoms with Crippen LogP contribution < -0.4 is 15.8 Å². The number of para-hydroxylation sites is 2. The van der Waals surface area contributed by atoms with Gasteiger partial charge in [-0.05, 0) is 30.2 Å². The summed E-state index contributed by atoms with van der Waals surface area (Å²) in [4.78, 5) is 24.3. The normalized spacial score (nSPS) is 10.4. The first-order chi connectivity index (χ1) is 14.1. The smallest absolute Gasteiger partial charge is 0.309 e. The molecule has 0 unspecified atom stereocenters. The molecule has 0 amide bonds. The minimum atomic E-state index is -0.411. The molecule has 0 fully saturated rings. The highest BCUT2D eigenvalue weighted by atomic mass is 16.5. The van der Waals surface area contributed by atoms with E-state index in [1.807, 2.05) is 54.6 Å². The lowest BCUT2D eigenvalue weighted by atomic mass is 10.1. The van der Waals surface area contributed by atoms with Crippen LogP contribution in [-0.4, -0.2) is 27.5 Å². The Hall–Kier alpha value is -3.68. The van der Waals surface area contributed by atoms with Gasteiger partial charge in [-0.3, -0.25) is 4.79 Å². The molecule has 0 aliphatic heterocycles. The first-order valence-electron chi connectivity index (χ1n) is 9.33. The van der Waals surface area contributed by atoms with Gasteiger partial charge in [0.2, 0.25) is 11.9 Å². The molecule has 1 aromatic heterocycles. The Labute approximate surface area is 169 Å². The molecule has 3 N–H and O–H groups in total. The van der Waals surface area contributed by atoms with Gasteiger partial charge in [-0.25, -0.2) is 0 Å². The van der Waals surface area contributed by atoms with Gasteiger partial charge in [0.25, 0.3) is 0 Å². The number of carbonyl (C=O) groups excluding carboxylic acids is 1. The minimum Gasteiger partial charge on any atom is -0.493 e. The highest BCUT2D eigenvalue weighted by molar-refractivity contribution is 5.69. The fraction of sp³-hybridized carbons (Fsp3) is 0.238. The Balaban J connectivity index is 1.53. The lowest BCUT2D eigenvalue weighted by Gasteiger charge is -2.11. The Kier molecular flexibility index (Phi) is 6.94. The predicted molar refractivity (Wildman–Crippen MR) is 110 cm³/mol. The molecule has 8 heteroatoms. The number of nitrogens with two attached hydrogens (primary N) is 1. The van der Waals surface area contributed by atoms with Crippen molar-refractivity contribution >= 4 is 23.6 Å². The molecule has 2 aromatic carbocycles. The summed E-state index contributed by atoms with van der Waals surface area (Å²) in [5.41, 5.74) is 7.79. The van der Waals surface area contributed by atoms with Gasteiger partial charge in [0.05, 0.1) is 13.0 Å².